The molecule has 0 aliphatic carbocycles. The Morgan fingerprint density at radius 2 is 2.00 bits per heavy atom. The average molecular weight is 355 g/mol. The minimum Gasteiger partial charge on any atom is -0.455 e. The van der Waals surface area contributed by atoms with Crippen LogP contribution in [-0.2, 0) is 0 Å². The van der Waals surface area contributed by atoms with Gasteiger partial charge in [0.15, 0.2) is 0 Å². The number of thiocarbonyl (C=S) groups is 1. The number of benzene rings is 1. The molecule has 1 aromatic heterocycles. The summed E-state index contributed by atoms with van der Waals surface area (Å²) < 4.78 is 19.4. The first-order valence-electron chi connectivity index (χ1n) is 5.79. The van der Waals surface area contributed by atoms with Crippen molar-refractivity contribution in [3.05, 3.63) is 51.5 Å². The predicted octanol–water partition coefficient (Wildman–Crippen LogP) is 4.03. The van der Waals surface area contributed by atoms with Gasteiger partial charge in [-0.25, -0.2) is 4.39 Å². The van der Waals surface area contributed by atoms with Crippen LogP contribution in [0.4, 0.5) is 4.39 Å². The number of aryl methyl sites for hydroxylation is 2. The van der Waals surface area contributed by atoms with E-state index in [1.807, 2.05) is 13.8 Å². The molecule has 2 aromatic rings. The van der Waals surface area contributed by atoms with Crippen LogP contribution >= 0.6 is 28.1 Å². The maximum absolute atomic E-state index is 13.1. The van der Waals surface area contributed by atoms with Crippen LogP contribution < -0.4 is 10.5 Å². The van der Waals surface area contributed by atoms with Gasteiger partial charge in [-0.05, 0) is 48.0 Å². The number of nitrogens with zero attached hydrogens (tertiary/aromatic N) is 1. The molecule has 0 atom stereocenters. The number of hydrogen-bond acceptors (Lipinski definition) is 3. The van der Waals surface area contributed by atoms with Gasteiger partial charge in [0.1, 0.15) is 22.3 Å². The molecule has 0 unspecified atom stereocenters. The van der Waals surface area contributed by atoms with E-state index in [-0.39, 0.29) is 10.8 Å². The molecule has 0 bridgehead atoms. The minimum absolute atomic E-state index is 0.211. The Morgan fingerprint density at radius 3 is 2.60 bits per heavy atom. The number of rotatable bonds is 3. The zero-order valence-electron chi connectivity index (χ0n) is 10.9. The Balaban J connectivity index is 2.50. The first-order valence-corrected chi connectivity index (χ1v) is 6.99. The van der Waals surface area contributed by atoms with Crippen LogP contribution in [-0.4, -0.2) is 9.97 Å². The van der Waals surface area contributed by atoms with Crippen LogP contribution in [0.25, 0.3) is 0 Å². The summed E-state index contributed by atoms with van der Waals surface area (Å²) in [5, 5.41) is 0. The minimum atomic E-state index is -0.346. The van der Waals surface area contributed by atoms with Crippen LogP contribution in [0.2, 0.25) is 0 Å². The van der Waals surface area contributed by atoms with Gasteiger partial charge in [-0.2, -0.15) is 0 Å². The molecule has 0 saturated carbocycles. The van der Waals surface area contributed by atoms with Gasteiger partial charge in [0.2, 0.25) is 0 Å². The van der Waals surface area contributed by atoms with Gasteiger partial charge in [0, 0.05) is 11.8 Å². The Morgan fingerprint density at radius 1 is 1.30 bits per heavy atom. The van der Waals surface area contributed by atoms with Crippen molar-refractivity contribution in [1.82, 2.24) is 4.98 Å². The first kappa shape index (κ1) is 14.9. The highest BCUT2D eigenvalue weighted by Gasteiger charge is 2.14. The average Bonchev–Trinajstić information content (AvgIpc) is 2.31. The number of ether oxygens (including phenoxy) is 1. The smallest absolute Gasteiger partial charge is 0.141 e. The van der Waals surface area contributed by atoms with Gasteiger partial charge in [0.05, 0.1) is 15.7 Å². The zero-order valence-corrected chi connectivity index (χ0v) is 13.3. The van der Waals surface area contributed by atoms with E-state index in [0.717, 1.165) is 5.69 Å². The fraction of sp³-hybridized carbons (Fsp3) is 0.143. The fourth-order valence-electron chi connectivity index (χ4n) is 1.85. The molecule has 0 radical (unpaired) electrons. The summed E-state index contributed by atoms with van der Waals surface area (Å²) in [6.07, 6.45) is 0. The summed E-state index contributed by atoms with van der Waals surface area (Å²) in [4.78, 5) is 4.53. The Labute approximate surface area is 130 Å². The summed E-state index contributed by atoms with van der Waals surface area (Å²) >= 11 is 8.29. The lowest BCUT2D eigenvalue weighted by atomic mass is 10.1. The second kappa shape index (κ2) is 5.85. The standard InChI is InChI=1S/C14H12BrFN2OS/c1-7-5-12(13(14(17)20)8(2)18-7)19-11-4-3-9(16)6-10(11)15/h3-6H,1-2H3,(H2,17,20). The van der Waals surface area contributed by atoms with Crippen molar-refractivity contribution in [2.75, 3.05) is 0 Å². The van der Waals surface area contributed by atoms with Crippen molar-refractivity contribution in [3.63, 3.8) is 0 Å². The molecule has 1 aromatic carbocycles. The molecule has 104 valence electrons. The molecule has 20 heavy (non-hydrogen) atoms. The molecule has 2 N–H and O–H groups in total. The Bertz CT molecular complexity index is 691. The van der Waals surface area contributed by atoms with Crippen molar-refractivity contribution in [3.8, 4) is 11.5 Å². The van der Waals surface area contributed by atoms with Crippen LogP contribution in [0.5, 0.6) is 11.5 Å². The lowest BCUT2D eigenvalue weighted by Crippen LogP contribution is -2.14. The molecule has 0 fully saturated rings. The quantitative estimate of drug-likeness (QED) is 0.845. The van der Waals surface area contributed by atoms with E-state index in [2.05, 4.69) is 20.9 Å². The zero-order chi connectivity index (χ0) is 14.9. The van der Waals surface area contributed by atoms with Gasteiger partial charge in [0.25, 0.3) is 0 Å². The molecule has 2 rings (SSSR count). The summed E-state index contributed by atoms with van der Waals surface area (Å²) in [6, 6.07) is 5.93. The van der Waals surface area contributed by atoms with Crippen LogP contribution in [0.15, 0.2) is 28.7 Å². The Hall–Kier alpha value is -1.53. The number of halogens is 2. The van der Waals surface area contributed by atoms with E-state index in [0.29, 0.717) is 27.2 Å². The van der Waals surface area contributed by atoms with E-state index in [9.17, 15) is 4.39 Å². The van der Waals surface area contributed by atoms with Gasteiger partial charge in [-0.3, -0.25) is 4.98 Å². The first-order chi connectivity index (χ1) is 9.38. The molecule has 0 saturated heterocycles. The molecule has 0 spiro atoms. The molecular formula is C14H12BrFN2OS. The normalized spacial score (nSPS) is 10.4. The molecule has 6 heteroatoms. The summed E-state index contributed by atoms with van der Waals surface area (Å²) in [5.41, 5.74) is 7.79. The van der Waals surface area contributed by atoms with E-state index in [1.165, 1.54) is 18.2 Å². The van der Waals surface area contributed by atoms with E-state index < -0.39 is 0 Å². The predicted molar refractivity (Wildman–Crippen MR) is 83.8 cm³/mol. The maximum atomic E-state index is 13.1. The van der Waals surface area contributed by atoms with Gasteiger partial charge >= 0.3 is 0 Å². The van der Waals surface area contributed by atoms with E-state index >= 15 is 0 Å². The fourth-order valence-corrected chi connectivity index (χ4v) is 2.53. The lowest BCUT2D eigenvalue weighted by Gasteiger charge is -2.14. The van der Waals surface area contributed by atoms with Crippen molar-refractivity contribution >= 4 is 33.1 Å². The van der Waals surface area contributed by atoms with Crippen molar-refractivity contribution in [2.24, 2.45) is 5.73 Å². The van der Waals surface area contributed by atoms with Crippen molar-refractivity contribution < 1.29 is 9.13 Å². The van der Waals surface area contributed by atoms with Crippen LogP contribution in [0.3, 0.4) is 0 Å². The van der Waals surface area contributed by atoms with Crippen molar-refractivity contribution in [2.45, 2.75) is 13.8 Å². The van der Waals surface area contributed by atoms with Gasteiger partial charge < -0.3 is 10.5 Å². The lowest BCUT2D eigenvalue weighted by molar-refractivity contribution is 0.474. The summed E-state index contributed by atoms with van der Waals surface area (Å²) in [7, 11) is 0. The SMILES string of the molecule is Cc1cc(Oc2ccc(F)cc2Br)c(C(N)=S)c(C)n1. The van der Waals surface area contributed by atoms with E-state index in [4.69, 9.17) is 22.7 Å². The number of hydrogen-bond donors (Lipinski definition) is 1. The summed E-state index contributed by atoms with van der Waals surface area (Å²) in [5.74, 6) is 0.643. The maximum Gasteiger partial charge on any atom is 0.141 e. The van der Waals surface area contributed by atoms with Gasteiger partial charge in [-0.15, -0.1) is 0 Å². The second-order valence-electron chi connectivity index (χ2n) is 4.26. The highest BCUT2D eigenvalue weighted by molar-refractivity contribution is 9.10. The number of pyridine rings is 1. The molecule has 3 nitrogen and oxygen atoms in total. The van der Waals surface area contributed by atoms with Crippen molar-refractivity contribution in [1.29, 1.82) is 0 Å². The van der Waals surface area contributed by atoms with Gasteiger partial charge in [-0.1, -0.05) is 12.2 Å². The third-order valence-corrected chi connectivity index (χ3v) is 3.48. The van der Waals surface area contributed by atoms with E-state index in [1.54, 1.807) is 6.07 Å². The largest absolute Gasteiger partial charge is 0.455 e. The second-order valence-corrected chi connectivity index (χ2v) is 5.56. The third kappa shape index (κ3) is 3.13. The molecule has 0 aliphatic rings. The third-order valence-electron chi connectivity index (χ3n) is 2.65. The molecular weight excluding hydrogens is 343 g/mol. The highest BCUT2D eigenvalue weighted by Crippen LogP contribution is 2.33. The van der Waals surface area contributed by atoms with Crippen LogP contribution in [0, 0.1) is 19.7 Å². The number of nitrogens with two attached hydrogens (primary N) is 1. The monoisotopic (exact) mass is 354 g/mol. The molecule has 1 heterocycles. The number of aromatic nitrogens is 1. The Kier molecular flexibility index (Phi) is 4.35. The van der Waals surface area contributed by atoms with Crippen LogP contribution in [0.1, 0.15) is 17.0 Å². The molecule has 0 aliphatic heterocycles. The molecule has 0 amide bonds. The highest BCUT2D eigenvalue weighted by atomic mass is 79.9. The topological polar surface area (TPSA) is 48.1 Å². The summed E-state index contributed by atoms with van der Waals surface area (Å²) in [6.45, 7) is 3.66.